The van der Waals surface area contributed by atoms with Crippen molar-refractivity contribution in [2.24, 2.45) is 11.1 Å². The van der Waals surface area contributed by atoms with Gasteiger partial charge >= 0.3 is 0 Å². The summed E-state index contributed by atoms with van der Waals surface area (Å²) >= 11 is 7.05. The fourth-order valence-electron chi connectivity index (χ4n) is 2.26. The van der Waals surface area contributed by atoms with Crippen LogP contribution in [0.15, 0.2) is 0 Å². The van der Waals surface area contributed by atoms with E-state index in [1.807, 2.05) is 30.5 Å². The Morgan fingerprint density at radius 1 is 1.35 bits per heavy atom. The lowest BCUT2D eigenvalue weighted by Gasteiger charge is -2.34. The highest BCUT2D eigenvalue weighted by Crippen LogP contribution is 2.30. The Morgan fingerprint density at radius 2 is 2.00 bits per heavy atom. The second kappa shape index (κ2) is 6.59. The molecular formula is C12H22N2OS2. The van der Waals surface area contributed by atoms with Gasteiger partial charge < -0.3 is 10.6 Å². The first-order chi connectivity index (χ1) is 8.08. The molecule has 1 fully saturated rings. The Labute approximate surface area is 113 Å². The van der Waals surface area contributed by atoms with Crippen LogP contribution in [0.5, 0.6) is 0 Å². The molecule has 0 aromatic rings. The van der Waals surface area contributed by atoms with Gasteiger partial charge in [-0.15, -0.1) is 0 Å². The van der Waals surface area contributed by atoms with Crippen molar-refractivity contribution >= 4 is 34.9 Å². The predicted octanol–water partition coefficient (Wildman–Crippen LogP) is 2.04. The standard InChI is InChI=1S/C12H22N2OS2/c1-3-12(4-2,10(13)16)11(15)14-6-5-8-17-9-7-14/h3-9H2,1-2H3,(H2,13,16). The summed E-state index contributed by atoms with van der Waals surface area (Å²) in [5.41, 5.74) is 5.20. The summed E-state index contributed by atoms with van der Waals surface area (Å²) in [6, 6.07) is 0. The molecule has 0 aromatic heterocycles. The SMILES string of the molecule is CCC(CC)(C(=O)N1CCCSCC1)C(N)=S. The number of hydrogen-bond acceptors (Lipinski definition) is 3. The Balaban J connectivity index is 2.86. The van der Waals surface area contributed by atoms with Crippen LogP contribution in [0.1, 0.15) is 33.1 Å². The van der Waals surface area contributed by atoms with Crippen molar-refractivity contribution in [3.05, 3.63) is 0 Å². The van der Waals surface area contributed by atoms with Crippen molar-refractivity contribution in [2.45, 2.75) is 33.1 Å². The maximum Gasteiger partial charge on any atom is 0.235 e. The fraction of sp³-hybridized carbons (Fsp3) is 0.833. The molecule has 0 bridgehead atoms. The van der Waals surface area contributed by atoms with Crippen molar-refractivity contribution < 1.29 is 4.79 Å². The highest BCUT2D eigenvalue weighted by molar-refractivity contribution is 7.99. The topological polar surface area (TPSA) is 46.3 Å². The van der Waals surface area contributed by atoms with Gasteiger partial charge in [0.15, 0.2) is 0 Å². The van der Waals surface area contributed by atoms with Gasteiger partial charge in [-0.3, -0.25) is 4.79 Å². The zero-order chi connectivity index (χ0) is 12.9. The molecule has 0 spiro atoms. The van der Waals surface area contributed by atoms with E-state index in [2.05, 4.69) is 0 Å². The van der Waals surface area contributed by atoms with Gasteiger partial charge in [-0.1, -0.05) is 26.1 Å². The Hall–Kier alpha value is -0.290. The van der Waals surface area contributed by atoms with E-state index < -0.39 is 5.41 Å². The lowest BCUT2D eigenvalue weighted by molar-refractivity contribution is -0.138. The highest BCUT2D eigenvalue weighted by atomic mass is 32.2. The number of hydrogen-bond donors (Lipinski definition) is 1. The van der Waals surface area contributed by atoms with Crippen LogP contribution in [0.25, 0.3) is 0 Å². The molecule has 17 heavy (non-hydrogen) atoms. The molecule has 3 nitrogen and oxygen atoms in total. The van der Waals surface area contributed by atoms with E-state index in [4.69, 9.17) is 18.0 Å². The molecule has 1 rings (SSSR count). The van der Waals surface area contributed by atoms with Gasteiger partial charge in [0, 0.05) is 18.8 Å². The van der Waals surface area contributed by atoms with E-state index in [-0.39, 0.29) is 5.91 Å². The number of thiocarbonyl (C=S) groups is 1. The molecule has 1 heterocycles. The lowest BCUT2D eigenvalue weighted by atomic mass is 9.80. The van der Waals surface area contributed by atoms with Gasteiger partial charge in [0.1, 0.15) is 0 Å². The molecule has 1 amide bonds. The molecule has 0 unspecified atom stereocenters. The third-order valence-electron chi connectivity index (χ3n) is 3.60. The summed E-state index contributed by atoms with van der Waals surface area (Å²) in [6.45, 7) is 5.66. The average Bonchev–Trinajstić information content (AvgIpc) is 2.59. The summed E-state index contributed by atoms with van der Waals surface area (Å²) in [7, 11) is 0. The fourth-order valence-corrected chi connectivity index (χ4v) is 3.52. The molecule has 0 aliphatic carbocycles. The number of nitrogens with zero attached hydrogens (tertiary/aromatic N) is 1. The number of carbonyl (C=O) groups is 1. The number of amides is 1. The molecule has 0 atom stereocenters. The van der Waals surface area contributed by atoms with E-state index in [0.29, 0.717) is 17.8 Å². The normalized spacial score (nSPS) is 17.6. The molecule has 5 heteroatoms. The van der Waals surface area contributed by atoms with Crippen molar-refractivity contribution in [3.8, 4) is 0 Å². The van der Waals surface area contributed by atoms with Crippen molar-refractivity contribution in [2.75, 3.05) is 24.6 Å². The quantitative estimate of drug-likeness (QED) is 0.797. The second-order valence-corrected chi connectivity index (χ2v) is 6.08. The molecule has 0 aromatic carbocycles. The Bertz CT molecular complexity index is 282. The minimum atomic E-state index is -0.621. The smallest absolute Gasteiger partial charge is 0.235 e. The lowest BCUT2D eigenvalue weighted by Crippen LogP contribution is -2.50. The van der Waals surface area contributed by atoms with Crippen LogP contribution in [0, 0.1) is 5.41 Å². The van der Waals surface area contributed by atoms with Gasteiger partial charge in [-0.25, -0.2) is 0 Å². The predicted molar refractivity (Wildman–Crippen MR) is 78.3 cm³/mol. The number of rotatable bonds is 4. The van der Waals surface area contributed by atoms with Gasteiger partial charge in [0.25, 0.3) is 0 Å². The van der Waals surface area contributed by atoms with Gasteiger partial charge in [0.2, 0.25) is 5.91 Å². The van der Waals surface area contributed by atoms with Crippen molar-refractivity contribution in [1.29, 1.82) is 0 Å². The molecule has 1 saturated heterocycles. The van der Waals surface area contributed by atoms with Crippen LogP contribution in [0.2, 0.25) is 0 Å². The highest BCUT2D eigenvalue weighted by Gasteiger charge is 2.40. The zero-order valence-corrected chi connectivity index (χ0v) is 12.3. The first kappa shape index (κ1) is 14.8. The summed E-state index contributed by atoms with van der Waals surface area (Å²) in [4.78, 5) is 14.9. The number of nitrogens with two attached hydrogens (primary N) is 1. The van der Waals surface area contributed by atoms with Crippen LogP contribution in [-0.2, 0) is 4.79 Å². The molecule has 98 valence electrons. The Morgan fingerprint density at radius 3 is 2.53 bits per heavy atom. The van der Waals surface area contributed by atoms with E-state index in [0.717, 1.165) is 31.0 Å². The molecule has 2 N–H and O–H groups in total. The van der Waals surface area contributed by atoms with E-state index in [9.17, 15) is 4.79 Å². The van der Waals surface area contributed by atoms with Crippen molar-refractivity contribution in [1.82, 2.24) is 4.90 Å². The van der Waals surface area contributed by atoms with Gasteiger partial charge in [-0.05, 0) is 25.0 Å². The minimum Gasteiger partial charge on any atom is -0.392 e. The monoisotopic (exact) mass is 274 g/mol. The first-order valence-corrected chi connectivity index (χ1v) is 7.81. The molecule has 0 saturated carbocycles. The summed E-state index contributed by atoms with van der Waals surface area (Å²) in [6.07, 6.45) is 2.46. The maximum atomic E-state index is 12.6. The minimum absolute atomic E-state index is 0.137. The van der Waals surface area contributed by atoms with E-state index in [1.54, 1.807) is 0 Å². The van der Waals surface area contributed by atoms with E-state index in [1.165, 1.54) is 0 Å². The average molecular weight is 274 g/mol. The van der Waals surface area contributed by atoms with Crippen LogP contribution in [-0.4, -0.2) is 40.4 Å². The van der Waals surface area contributed by atoms with Crippen LogP contribution < -0.4 is 5.73 Å². The summed E-state index contributed by atoms with van der Waals surface area (Å²) in [5.74, 6) is 2.30. The third kappa shape index (κ3) is 3.13. The maximum absolute atomic E-state index is 12.6. The molecule has 0 radical (unpaired) electrons. The van der Waals surface area contributed by atoms with E-state index >= 15 is 0 Å². The largest absolute Gasteiger partial charge is 0.392 e. The Kier molecular flexibility index (Phi) is 5.73. The zero-order valence-electron chi connectivity index (χ0n) is 10.7. The van der Waals surface area contributed by atoms with Gasteiger partial charge in [-0.2, -0.15) is 11.8 Å². The van der Waals surface area contributed by atoms with Crippen LogP contribution in [0.4, 0.5) is 0 Å². The summed E-state index contributed by atoms with van der Waals surface area (Å²) < 4.78 is 0. The third-order valence-corrected chi connectivity index (χ3v) is 5.04. The molecule has 1 aliphatic rings. The van der Waals surface area contributed by atoms with Crippen molar-refractivity contribution in [3.63, 3.8) is 0 Å². The number of thioether (sulfide) groups is 1. The van der Waals surface area contributed by atoms with Crippen LogP contribution in [0.3, 0.4) is 0 Å². The summed E-state index contributed by atoms with van der Waals surface area (Å²) in [5, 5.41) is 0. The first-order valence-electron chi connectivity index (χ1n) is 6.25. The van der Waals surface area contributed by atoms with Gasteiger partial charge in [0.05, 0.1) is 10.4 Å². The second-order valence-electron chi connectivity index (χ2n) is 4.41. The van der Waals surface area contributed by atoms with Crippen LogP contribution >= 0.6 is 24.0 Å². The number of carbonyl (C=O) groups excluding carboxylic acids is 1. The molecule has 1 aliphatic heterocycles. The molecular weight excluding hydrogens is 252 g/mol.